The molecule has 0 bridgehead atoms. The number of hydrogen-bond acceptors (Lipinski definition) is 4. The highest BCUT2D eigenvalue weighted by molar-refractivity contribution is 5.35. The summed E-state index contributed by atoms with van der Waals surface area (Å²) in [7, 11) is 0. The second-order valence-electron chi connectivity index (χ2n) is 4.90. The fraction of sp³-hybridized carbons (Fsp3) is 0.615. The Labute approximate surface area is 103 Å². The van der Waals surface area contributed by atoms with E-state index in [2.05, 4.69) is 17.3 Å². The number of pyridine rings is 1. The van der Waals surface area contributed by atoms with E-state index in [1.54, 1.807) is 6.20 Å². The predicted octanol–water partition coefficient (Wildman–Crippen LogP) is 2.46. The van der Waals surface area contributed by atoms with Crippen molar-refractivity contribution in [2.75, 3.05) is 5.43 Å². The van der Waals surface area contributed by atoms with Crippen molar-refractivity contribution in [3.05, 3.63) is 23.9 Å². The molecule has 0 amide bonds. The lowest BCUT2D eigenvalue weighted by atomic mass is 9.89. The van der Waals surface area contributed by atoms with Crippen molar-refractivity contribution in [1.29, 1.82) is 0 Å². The summed E-state index contributed by atoms with van der Waals surface area (Å²) in [4.78, 5) is 4.07. The molecule has 2 unspecified atom stereocenters. The molecule has 94 valence electrons. The maximum atomic E-state index is 5.94. The molecule has 1 aliphatic carbocycles. The first-order valence-corrected chi connectivity index (χ1v) is 6.31. The molecule has 0 radical (unpaired) electrons. The van der Waals surface area contributed by atoms with Crippen molar-refractivity contribution >= 4 is 5.82 Å². The van der Waals surface area contributed by atoms with Crippen molar-refractivity contribution < 1.29 is 4.74 Å². The zero-order valence-corrected chi connectivity index (χ0v) is 10.4. The number of ether oxygens (including phenoxy) is 1. The number of nitrogens with one attached hydrogen (secondary N) is 1. The van der Waals surface area contributed by atoms with Gasteiger partial charge in [0.2, 0.25) is 0 Å². The zero-order valence-electron chi connectivity index (χ0n) is 10.4. The summed E-state index contributed by atoms with van der Waals surface area (Å²) in [5.41, 5.74) is 3.66. The van der Waals surface area contributed by atoms with E-state index in [1.165, 1.54) is 25.7 Å². The van der Waals surface area contributed by atoms with Crippen LogP contribution in [0.3, 0.4) is 0 Å². The Morgan fingerprint density at radius 2 is 2.41 bits per heavy atom. The Morgan fingerprint density at radius 1 is 1.53 bits per heavy atom. The summed E-state index contributed by atoms with van der Waals surface area (Å²) in [5, 5.41) is 0. The molecule has 3 N–H and O–H groups in total. The van der Waals surface area contributed by atoms with E-state index in [1.807, 2.05) is 12.1 Å². The van der Waals surface area contributed by atoms with Crippen molar-refractivity contribution in [2.45, 2.75) is 45.3 Å². The molecule has 0 aliphatic heterocycles. The summed E-state index contributed by atoms with van der Waals surface area (Å²) < 4.78 is 5.94. The van der Waals surface area contributed by atoms with E-state index >= 15 is 0 Å². The Balaban J connectivity index is 1.84. The minimum absolute atomic E-state index is 0.418. The van der Waals surface area contributed by atoms with Crippen LogP contribution in [0, 0.1) is 5.92 Å². The first kappa shape index (κ1) is 12.3. The molecule has 1 aliphatic rings. The Morgan fingerprint density at radius 3 is 3.18 bits per heavy atom. The van der Waals surface area contributed by atoms with Gasteiger partial charge in [-0.3, -0.25) is 0 Å². The van der Waals surface area contributed by atoms with Crippen LogP contribution in [-0.4, -0.2) is 11.1 Å². The van der Waals surface area contributed by atoms with Crippen LogP contribution in [0.25, 0.3) is 0 Å². The summed E-state index contributed by atoms with van der Waals surface area (Å²) in [5.74, 6) is 6.80. The van der Waals surface area contributed by atoms with Crippen molar-refractivity contribution in [3.63, 3.8) is 0 Å². The molecule has 0 spiro atoms. The second kappa shape index (κ2) is 5.98. The molecular formula is C13H21N3O. The fourth-order valence-corrected chi connectivity index (χ4v) is 2.39. The lowest BCUT2D eigenvalue weighted by Crippen LogP contribution is -2.21. The molecule has 1 heterocycles. The average Bonchev–Trinajstić information content (AvgIpc) is 2.37. The van der Waals surface area contributed by atoms with Crippen LogP contribution in [0.4, 0.5) is 5.82 Å². The molecular weight excluding hydrogens is 214 g/mol. The molecule has 1 aromatic rings. The van der Waals surface area contributed by atoms with Gasteiger partial charge in [0.1, 0.15) is 5.82 Å². The predicted molar refractivity (Wildman–Crippen MR) is 68.3 cm³/mol. The molecule has 1 fully saturated rings. The van der Waals surface area contributed by atoms with Crippen molar-refractivity contribution in [2.24, 2.45) is 11.8 Å². The van der Waals surface area contributed by atoms with Gasteiger partial charge in [0.25, 0.3) is 0 Å². The van der Waals surface area contributed by atoms with E-state index in [-0.39, 0.29) is 0 Å². The lowest BCUT2D eigenvalue weighted by Gasteiger charge is -2.26. The molecule has 0 saturated heterocycles. The van der Waals surface area contributed by atoms with Gasteiger partial charge < -0.3 is 10.2 Å². The largest absolute Gasteiger partial charge is 0.374 e. The Bertz CT molecular complexity index is 356. The fourth-order valence-electron chi connectivity index (χ4n) is 2.39. The van der Waals surface area contributed by atoms with Gasteiger partial charge in [-0.15, -0.1) is 0 Å². The van der Waals surface area contributed by atoms with Gasteiger partial charge in [-0.25, -0.2) is 10.8 Å². The highest BCUT2D eigenvalue weighted by Gasteiger charge is 2.19. The molecule has 2 rings (SSSR count). The molecule has 0 aromatic carbocycles. The number of nitrogen functional groups attached to an aromatic ring is 1. The number of anilines is 1. The minimum atomic E-state index is 0.418. The first-order valence-electron chi connectivity index (χ1n) is 6.31. The molecule has 1 saturated carbocycles. The maximum absolute atomic E-state index is 5.94. The van der Waals surface area contributed by atoms with Crippen molar-refractivity contribution in [3.8, 4) is 0 Å². The molecule has 2 atom stereocenters. The maximum Gasteiger partial charge on any atom is 0.140 e. The van der Waals surface area contributed by atoms with Crippen molar-refractivity contribution in [1.82, 2.24) is 4.98 Å². The van der Waals surface area contributed by atoms with Gasteiger partial charge in [-0.2, -0.15) is 0 Å². The quantitative estimate of drug-likeness (QED) is 0.621. The third kappa shape index (κ3) is 3.68. The Hall–Kier alpha value is -1.13. The van der Waals surface area contributed by atoms with Gasteiger partial charge in [-0.05, 0) is 36.5 Å². The van der Waals surface area contributed by atoms with E-state index in [9.17, 15) is 0 Å². The molecule has 17 heavy (non-hydrogen) atoms. The summed E-state index contributed by atoms with van der Waals surface area (Å²) in [6.45, 7) is 2.95. The van der Waals surface area contributed by atoms with E-state index in [0.29, 0.717) is 18.5 Å². The molecule has 4 heteroatoms. The summed E-state index contributed by atoms with van der Waals surface area (Å²) >= 11 is 0. The van der Waals surface area contributed by atoms with E-state index in [0.717, 1.165) is 11.5 Å². The number of hydrogen-bond donors (Lipinski definition) is 2. The van der Waals surface area contributed by atoms with E-state index in [4.69, 9.17) is 10.6 Å². The smallest absolute Gasteiger partial charge is 0.140 e. The normalized spacial score (nSPS) is 24.6. The van der Waals surface area contributed by atoms with Crippen LogP contribution in [0.2, 0.25) is 0 Å². The topological polar surface area (TPSA) is 60.2 Å². The van der Waals surface area contributed by atoms with Gasteiger partial charge in [0.15, 0.2) is 0 Å². The minimum Gasteiger partial charge on any atom is -0.374 e. The second-order valence-corrected chi connectivity index (χ2v) is 4.90. The molecule has 4 nitrogen and oxygen atoms in total. The van der Waals surface area contributed by atoms with E-state index < -0.39 is 0 Å². The highest BCUT2D eigenvalue weighted by atomic mass is 16.5. The monoisotopic (exact) mass is 235 g/mol. The lowest BCUT2D eigenvalue weighted by molar-refractivity contribution is 0.00466. The van der Waals surface area contributed by atoms with Crippen LogP contribution in [-0.2, 0) is 11.3 Å². The Kier molecular flexibility index (Phi) is 4.34. The molecule has 1 aromatic heterocycles. The standard InChI is InChI=1S/C13H21N3O/c1-10-3-2-4-12(7-10)17-9-11-5-6-15-13(8-11)16-14/h5-6,8,10,12H,2-4,7,9,14H2,1H3,(H,15,16). The van der Waals surface area contributed by atoms with Gasteiger partial charge in [0, 0.05) is 6.20 Å². The van der Waals surface area contributed by atoms with Gasteiger partial charge in [-0.1, -0.05) is 19.8 Å². The first-order chi connectivity index (χ1) is 8.28. The number of hydrazine groups is 1. The summed E-state index contributed by atoms with van der Waals surface area (Å²) in [6, 6.07) is 3.89. The number of rotatable bonds is 4. The van der Waals surface area contributed by atoms with Gasteiger partial charge in [0.05, 0.1) is 12.7 Å². The number of nitrogens with two attached hydrogens (primary N) is 1. The highest BCUT2D eigenvalue weighted by Crippen LogP contribution is 2.26. The average molecular weight is 235 g/mol. The SMILES string of the molecule is CC1CCCC(OCc2ccnc(NN)c2)C1. The number of nitrogens with zero attached hydrogens (tertiary/aromatic N) is 1. The summed E-state index contributed by atoms with van der Waals surface area (Å²) in [6.07, 6.45) is 7.18. The number of aromatic nitrogens is 1. The van der Waals surface area contributed by atoms with Crippen LogP contribution in [0.1, 0.15) is 38.2 Å². The van der Waals surface area contributed by atoms with Crippen LogP contribution in [0.5, 0.6) is 0 Å². The third-order valence-electron chi connectivity index (χ3n) is 3.35. The van der Waals surface area contributed by atoms with Crippen LogP contribution >= 0.6 is 0 Å². The zero-order chi connectivity index (χ0) is 12.1. The van der Waals surface area contributed by atoms with Crippen LogP contribution < -0.4 is 11.3 Å². The third-order valence-corrected chi connectivity index (χ3v) is 3.35. The van der Waals surface area contributed by atoms with Gasteiger partial charge >= 0.3 is 0 Å². The van der Waals surface area contributed by atoms with Crippen LogP contribution in [0.15, 0.2) is 18.3 Å².